The fourth-order valence-corrected chi connectivity index (χ4v) is 4.50. The average Bonchev–Trinajstić information content (AvgIpc) is 2.62. The van der Waals surface area contributed by atoms with Crippen LogP contribution in [-0.4, -0.2) is 20.7 Å². The van der Waals surface area contributed by atoms with Gasteiger partial charge in [-0.25, -0.2) is 4.98 Å². The summed E-state index contributed by atoms with van der Waals surface area (Å²) in [5.41, 5.74) is 1.43. The van der Waals surface area contributed by atoms with Gasteiger partial charge in [-0.3, -0.25) is 9.36 Å². The van der Waals surface area contributed by atoms with Crippen LogP contribution < -0.4 is 5.32 Å². The van der Waals surface area contributed by atoms with Crippen LogP contribution in [0.1, 0.15) is 44.2 Å². The van der Waals surface area contributed by atoms with Gasteiger partial charge in [-0.15, -0.1) is 0 Å². The second kappa shape index (κ2) is 8.58. The minimum absolute atomic E-state index is 0.220. The molecule has 0 fully saturated rings. The van der Waals surface area contributed by atoms with Crippen molar-refractivity contribution in [2.24, 2.45) is 0 Å². The Hall–Kier alpha value is -2.01. The molecule has 0 radical (unpaired) electrons. The van der Waals surface area contributed by atoms with Crippen LogP contribution in [0.25, 0.3) is 0 Å². The molecule has 2 rings (SSSR count). The van der Waals surface area contributed by atoms with Crippen molar-refractivity contribution in [1.82, 2.24) is 4.98 Å². The van der Waals surface area contributed by atoms with Crippen LogP contribution >= 0.6 is 7.60 Å². The molecule has 140 valence electrons. The molecule has 0 aliphatic rings. The predicted octanol–water partition coefficient (Wildman–Crippen LogP) is 3.85. The summed E-state index contributed by atoms with van der Waals surface area (Å²) >= 11 is 0. The predicted molar refractivity (Wildman–Crippen MR) is 102 cm³/mol. The molecule has 2 aromatic rings. The molecule has 1 aromatic carbocycles. The van der Waals surface area contributed by atoms with E-state index in [9.17, 15) is 19.1 Å². The van der Waals surface area contributed by atoms with E-state index >= 15 is 0 Å². The summed E-state index contributed by atoms with van der Waals surface area (Å²) in [6.07, 6.45) is 2.84. The molecule has 1 aromatic heterocycles. The van der Waals surface area contributed by atoms with Crippen LogP contribution in [0.15, 0.2) is 48.7 Å². The van der Waals surface area contributed by atoms with Gasteiger partial charge in [-0.05, 0) is 30.9 Å². The Labute approximate surface area is 153 Å². The van der Waals surface area contributed by atoms with Gasteiger partial charge in [0.05, 0.1) is 5.16 Å². The van der Waals surface area contributed by atoms with Crippen molar-refractivity contribution >= 4 is 19.3 Å². The van der Waals surface area contributed by atoms with Crippen LogP contribution in [0.4, 0.5) is 5.82 Å². The van der Waals surface area contributed by atoms with Crippen molar-refractivity contribution in [1.29, 1.82) is 0 Å². The quantitative estimate of drug-likeness (QED) is 0.608. The molecule has 26 heavy (non-hydrogen) atoms. The molecule has 0 aliphatic heterocycles. The van der Waals surface area contributed by atoms with Gasteiger partial charge in [-0.2, -0.15) is 0 Å². The summed E-state index contributed by atoms with van der Waals surface area (Å²) in [4.78, 5) is 36.4. The van der Waals surface area contributed by atoms with Gasteiger partial charge < -0.3 is 15.1 Å². The van der Waals surface area contributed by atoms with Crippen molar-refractivity contribution in [3.63, 3.8) is 0 Å². The Bertz CT molecular complexity index is 785. The van der Waals surface area contributed by atoms with E-state index in [1.54, 1.807) is 26.0 Å². The smallest absolute Gasteiger partial charge is 0.324 e. The van der Waals surface area contributed by atoms with Crippen molar-refractivity contribution in [2.75, 3.05) is 5.32 Å². The van der Waals surface area contributed by atoms with Gasteiger partial charge >= 0.3 is 7.60 Å². The molecule has 0 aliphatic carbocycles. The molecular weight excluding hydrogens is 351 g/mol. The Morgan fingerprint density at radius 1 is 1.12 bits per heavy atom. The van der Waals surface area contributed by atoms with Crippen LogP contribution in [0, 0.1) is 0 Å². The Morgan fingerprint density at radius 2 is 1.77 bits per heavy atom. The van der Waals surface area contributed by atoms with Gasteiger partial charge in [0.1, 0.15) is 5.82 Å². The number of aromatic nitrogens is 1. The number of pyridine rings is 1. The highest BCUT2D eigenvalue weighted by Crippen LogP contribution is 2.61. The highest BCUT2D eigenvalue weighted by atomic mass is 31.2. The summed E-state index contributed by atoms with van der Waals surface area (Å²) in [5.74, 6) is -0.0155. The Morgan fingerprint density at radius 3 is 2.35 bits per heavy atom. The summed E-state index contributed by atoms with van der Waals surface area (Å²) < 4.78 is 12.2. The van der Waals surface area contributed by atoms with Crippen molar-refractivity contribution in [2.45, 2.75) is 44.7 Å². The lowest BCUT2D eigenvalue weighted by atomic mass is 9.93. The van der Waals surface area contributed by atoms with Crippen molar-refractivity contribution < 1.29 is 19.1 Å². The second-order valence-corrected chi connectivity index (χ2v) is 8.16. The summed E-state index contributed by atoms with van der Waals surface area (Å²) in [6, 6.07) is 12.9. The van der Waals surface area contributed by atoms with Gasteiger partial charge in [0.25, 0.3) is 0 Å². The number of anilines is 1. The molecule has 3 N–H and O–H groups in total. The number of hydrogen-bond acceptors (Lipinski definition) is 3. The maximum Gasteiger partial charge on any atom is 0.336 e. The molecule has 1 amide bonds. The van der Waals surface area contributed by atoms with E-state index < -0.39 is 12.8 Å². The zero-order valence-corrected chi connectivity index (χ0v) is 15.9. The lowest BCUT2D eigenvalue weighted by Crippen LogP contribution is -2.27. The first-order valence-corrected chi connectivity index (χ1v) is 10.3. The Kier molecular flexibility index (Phi) is 6.70. The van der Waals surface area contributed by atoms with Gasteiger partial charge in [0.15, 0.2) is 0 Å². The minimum atomic E-state index is -4.45. The van der Waals surface area contributed by atoms with E-state index in [1.165, 1.54) is 6.20 Å². The maximum atomic E-state index is 12.3. The maximum absolute atomic E-state index is 12.3. The zero-order chi connectivity index (χ0) is 19.2. The number of aryl methyl sites for hydroxylation is 1. The molecule has 0 atom stereocenters. The first kappa shape index (κ1) is 20.3. The second-order valence-electron chi connectivity index (χ2n) is 6.22. The standard InChI is InChI=1S/C19H25N2O4P/c1-3-19(4-2,26(23,24)25)16-11-8-14-20-18(16)21-17(22)13-12-15-9-6-5-7-10-15/h5-11,14H,3-4,12-13H2,1-2H3,(H,20,21,22)(H2,23,24,25). The number of rotatable bonds is 8. The van der Waals surface area contributed by atoms with Crippen LogP contribution in [0.3, 0.4) is 0 Å². The van der Waals surface area contributed by atoms with E-state index in [1.807, 2.05) is 30.3 Å². The first-order chi connectivity index (χ1) is 12.3. The lowest BCUT2D eigenvalue weighted by Gasteiger charge is -2.33. The largest absolute Gasteiger partial charge is 0.336 e. The fraction of sp³-hybridized carbons (Fsp3) is 0.368. The summed E-state index contributed by atoms with van der Waals surface area (Å²) in [7, 11) is -4.45. The number of carbonyl (C=O) groups is 1. The van der Waals surface area contributed by atoms with Gasteiger partial charge in [-0.1, -0.05) is 50.2 Å². The first-order valence-electron chi connectivity index (χ1n) is 8.69. The minimum Gasteiger partial charge on any atom is -0.324 e. The summed E-state index contributed by atoms with van der Waals surface area (Å²) in [5, 5.41) is 1.38. The van der Waals surface area contributed by atoms with E-state index in [2.05, 4.69) is 10.3 Å². The van der Waals surface area contributed by atoms with E-state index in [0.29, 0.717) is 12.0 Å². The lowest BCUT2D eigenvalue weighted by molar-refractivity contribution is -0.116. The van der Waals surface area contributed by atoms with Crippen molar-refractivity contribution in [3.05, 3.63) is 59.8 Å². The molecule has 0 saturated carbocycles. The molecule has 0 spiro atoms. The third kappa shape index (κ3) is 4.39. The number of benzene rings is 1. The normalized spacial score (nSPS) is 12.0. The van der Waals surface area contributed by atoms with E-state index in [4.69, 9.17) is 0 Å². The molecular formula is C19H25N2O4P. The molecule has 6 nitrogen and oxygen atoms in total. The highest BCUT2D eigenvalue weighted by molar-refractivity contribution is 7.53. The van der Waals surface area contributed by atoms with Crippen LogP contribution in [0.2, 0.25) is 0 Å². The highest BCUT2D eigenvalue weighted by Gasteiger charge is 2.47. The summed E-state index contributed by atoms with van der Waals surface area (Å²) in [6.45, 7) is 3.47. The Balaban J connectivity index is 2.23. The molecule has 0 bridgehead atoms. The molecule has 0 saturated heterocycles. The average molecular weight is 376 g/mol. The molecule has 0 unspecified atom stereocenters. The fourth-order valence-electron chi connectivity index (χ4n) is 3.18. The third-order valence-electron chi connectivity index (χ3n) is 4.78. The molecule has 1 heterocycles. The monoisotopic (exact) mass is 376 g/mol. The number of amides is 1. The topological polar surface area (TPSA) is 99.5 Å². The SMILES string of the molecule is CCC(CC)(c1cccnc1NC(=O)CCc1ccccc1)P(=O)(O)O. The van der Waals surface area contributed by atoms with Crippen LogP contribution in [0.5, 0.6) is 0 Å². The number of hydrogen-bond donors (Lipinski definition) is 3. The van der Waals surface area contributed by atoms with Gasteiger partial charge in [0.2, 0.25) is 5.91 Å². The third-order valence-corrected chi connectivity index (χ3v) is 6.77. The van der Waals surface area contributed by atoms with Crippen molar-refractivity contribution in [3.8, 4) is 0 Å². The number of nitrogens with zero attached hydrogens (tertiary/aromatic N) is 1. The van der Waals surface area contributed by atoms with E-state index in [-0.39, 0.29) is 31.0 Å². The van der Waals surface area contributed by atoms with Crippen LogP contribution in [-0.2, 0) is 20.9 Å². The van der Waals surface area contributed by atoms with Gasteiger partial charge in [0, 0.05) is 18.2 Å². The number of nitrogens with one attached hydrogen (secondary N) is 1. The van der Waals surface area contributed by atoms with E-state index in [0.717, 1.165) is 5.56 Å². The zero-order valence-electron chi connectivity index (χ0n) is 15.1. The number of carbonyl (C=O) groups excluding carboxylic acids is 1. The molecule has 7 heteroatoms.